The van der Waals surface area contributed by atoms with Gasteiger partial charge in [-0.1, -0.05) is 13.8 Å². The van der Waals surface area contributed by atoms with Crippen LogP contribution in [0.3, 0.4) is 0 Å². The van der Waals surface area contributed by atoms with Crippen molar-refractivity contribution in [3.05, 3.63) is 0 Å². The Morgan fingerprint density at radius 2 is 1.53 bits per heavy atom. The first-order chi connectivity index (χ1) is 8.84. The van der Waals surface area contributed by atoms with E-state index in [2.05, 4.69) is 14.8 Å². The molecule has 0 aromatic rings. The van der Waals surface area contributed by atoms with Crippen LogP contribution >= 0.6 is 0 Å². The third-order valence-electron chi connectivity index (χ3n) is 3.44. The van der Waals surface area contributed by atoms with Gasteiger partial charge in [-0.15, -0.1) is 0 Å². The van der Waals surface area contributed by atoms with Crippen LogP contribution in [0.5, 0.6) is 0 Å². The van der Waals surface area contributed by atoms with E-state index in [1.165, 1.54) is 7.11 Å². The summed E-state index contributed by atoms with van der Waals surface area (Å²) in [6.07, 6.45) is 0. The highest BCUT2D eigenvalue weighted by Gasteiger charge is 2.55. The Balaban J connectivity index is 3.18. The van der Waals surface area contributed by atoms with Crippen LogP contribution in [0.1, 0.15) is 13.8 Å². The first-order valence-corrected chi connectivity index (χ1v) is 5.99. The Labute approximate surface area is 111 Å². The van der Waals surface area contributed by atoms with Crippen molar-refractivity contribution in [1.82, 2.24) is 5.32 Å². The highest BCUT2D eigenvalue weighted by atomic mass is 16.5. The van der Waals surface area contributed by atoms with Gasteiger partial charge in [0.1, 0.15) is 6.04 Å². The van der Waals surface area contributed by atoms with Gasteiger partial charge >= 0.3 is 17.9 Å². The van der Waals surface area contributed by atoms with Gasteiger partial charge < -0.3 is 14.6 Å². The molecule has 1 heterocycles. The van der Waals surface area contributed by atoms with Crippen LogP contribution in [0.4, 0.5) is 0 Å². The Morgan fingerprint density at radius 3 is 1.89 bits per heavy atom. The molecule has 1 rings (SSSR count). The lowest BCUT2D eigenvalue weighted by atomic mass is 9.83. The Morgan fingerprint density at radius 1 is 1.05 bits per heavy atom. The number of nitrogens with one attached hydrogen (secondary N) is 1. The van der Waals surface area contributed by atoms with Crippen molar-refractivity contribution in [1.29, 1.82) is 0 Å². The number of hydrogen-bond donors (Lipinski definition) is 2. The number of aliphatic carboxylic acids is 1. The number of ether oxygens (including phenoxy) is 2. The van der Waals surface area contributed by atoms with E-state index in [1.54, 1.807) is 0 Å². The van der Waals surface area contributed by atoms with Crippen molar-refractivity contribution in [2.75, 3.05) is 14.2 Å². The van der Waals surface area contributed by atoms with Crippen molar-refractivity contribution in [3.63, 3.8) is 0 Å². The molecule has 0 unspecified atom stereocenters. The summed E-state index contributed by atoms with van der Waals surface area (Å²) in [7, 11) is 2.38. The number of carbonyl (C=O) groups excluding carboxylic acids is 2. The number of carboxylic acids is 1. The van der Waals surface area contributed by atoms with Crippen LogP contribution in [0.15, 0.2) is 0 Å². The van der Waals surface area contributed by atoms with Crippen molar-refractivity contribution in [2.45, 2.75) is 25.9 Å². The first-order valence-electron chi connectivity index (χ1n) is 5.99. The SMILES string of the molecule is COC(=O)[C@@H]1[C@H](C(=O)OC)[C@@H](C(C)C)N[C@@H]1C(=O)O. The molecule has 19 heavy (non-hydrogen) atoms. The fourth-order valence-corrected chi connectivity index (χ4v) is 2.53. The fraction of sp³-hybridized carbons (Fsp3) is 0.750. The summed E-state index contributed by atoms with van der Waals surface area (Å²) in [6, 6.07) is -1.60. The monoisotopic (exact) mass is 273 g/mol. The van der Waals surface area contributed by atoms with Gasteiger partial charge in [0.15, 0.2) is 0 Å². The zero-order valence-electron chi connectivity index (χ0n) is 11.4. The van der Waals surface area contributed by atoms with Crippen molar-refractivity contribution in [2.24, 2.45) is 17.8 Å². The number of methoxy groups -OCH3 is 2. The lowest BCUT2D eigenvalue weighted by Gasteiger charge is -2.23. The average molecular weight is 273 g/mol. The van der Waals surface area contributed by atoms with Crippen LogP contribution in [0, 0.1) is 17.8 Å². The molecule has 0 spiro atoms. The minimum atomic E-state index is -1.19. The summed E-state index contributed by atoms with van der Waals surface area (Å²) >= 11 is 0. The largest absolute Gasteiger partial charge is 0.480 e. The Bertz CT molecular complexity index is 380. The molecule has 7 heteroatoms. The molecule has 0 aromatic carbocycles. The average Bonchev–Trinajstić information content (AvgIpc) is 2.77. The third kappa shape index (κ3) is 2.86. The first kappa shape index (κ1) is 15.4. The van der Waals surface area contributed by atoms with Crippen molar-refractivity contribution >= 4 is 17.9 Å². The van der Waals surface area contributed by atoms with Gasteiger partial charge in [-0.05, 0) is 5.92 Å². The third-order valence-corrected chi connectivity index (χ3v) is 3.44. The fourth-order valence-electron chi connectivity index (χ4n) is 2.53. The van der Waals surface area contributed by atoms with Crippen molar-refractivity contribution < 1.29 is 29.0 Å². The van der Waals surface area contributed by atoms with E-state index in [0.29, 0.717) is 0 Å². The molecule has 1 fully saturated rings. The normalized spacial score (nSPS) is 30.2. The quantitative estimate of drug-likeness (QED) is 0.675. The van der Waals surface area contributed by atoms with E-state index in [0.717, 1.165) is 7.11 Å². The standard InChI is InChI=1S/C12H19NO6/c1-5(2)8-6(11(16)18-3)7(12(17)19-4)9(13-8)10(14)15/h5-9,13H,1-4H3,(H,14,15)/t6-,7+,8+,9-/m0/s1. The molecule has 2 N–H and O–H groups in total. The maximum absolute atomic E-state index is 11.9. The molecule has 0 bridgehead atoms. The number of carboxylic acid groups (broad SMARTS) is 1. The Hall–Kier alpha value is -1.63. The van der Waals surface area contributed by atoms with Gasteiger partial charge in [0.25, 0.3) is 0 Å². The molecule has 4 atom stereocenters. The summed E-state index contributed by atoms with van der Waals surface area (Å²) in [5.74, 6) is -4.49. The second-order valence-electron chi connectivity index (χ2n) is 4.85. The Kier molecular flexibility index (Phi) is 4.88. The van der Waals surface area contributed by atoms with Gasteiger partial charge in [-0.3, -0.25) is 19.7 Å². The molecular weight excluding hydrogens is 254 g/mol. The van der Waals surface area contributed by atoms with Gasteiger partial charge in [0.2, 0.25) is 0 Å². The predicted octanol–water partition coefficient (Wildman–Crippen LogP) is -0.354. The molecule has 0 saturated carbocycles. The topological polar surface area (TPSA) is 102 Å². The lowest BCUT2D eigenvalue weighted by molar-refractivity contribution is -0.159. The highest BCUT2D eigenvalue weighted by molar-refractivity contribution is 5.90. The van der Waals surface area contributed by atoms with E-state index in [9.17, 15) is 19.5 Å². The lowest BCUT2D eigenvalue weighted by Crippen LogP contribution is -2.41. The molecule has 0 amide bonds. The number of carbonyl (C=O) groups is 3. The molecule has 1 saturated heterocycles. The molecular formula is C12H19NO6. The van der Waals surface area contributed by atoms with Crippen LogP contribution in [0.2, 0.25) is 0 Å². The smallest absolute Gasteiger partial charge is 0.321 e. The summed E-state index contributed by atoms with van der Waals surface area (Å²) in [5, 5.41) is 12.0. The molecule has 0 aliphatic carbocycles. The molecule has 0 radical (unpaired) electrons. The summed E-state index contributed by atoms with van der Waals surface area (Å²) in [6.45, 7) is 3.68. The zero-order chi connectivity index (χ0) is 14.7. The number of hydrogen-bond acceptors (Lipinski definition) is 6. The van der Waals surface area contributed by atoms with Gasteiger partial charge in [0, 0.05) is 6.04 Å². The van der Waals surface area contributed by atoms with Crippen molar-refractivity contribution in [3.8, 4) is 0 Å². The van der Waals surface area contributed by atoms with Gasteiger partial charge in [-0.2, -0.15) is 0 Å². The molecule has 0 aromatic heterocycles. The summed E-state index contributed by atoms with van der Waals surface area (Å²) in [4.78, 5) is 34.9. The van der Waals surface area contributed by atoms with Crippen LogP contribution in [-0.2, 0) is 23.9 Å². The molecule has 108 valence electrons. The van der Waals surface area contributed by atoms with E-state index < -0.39 is 41.8 Å². The van der Waals surface area contributed by atoms with Gasteiger partial charge in [-0.25, -0.2) is 0 Å². The van der Waals surface area contributed by atoms with E-state index >= 15 is 0 Å². The zero-order valence-corrected chi connectivity index (χ0v) is 11.4. The van der Waals surface area contributed by atoms with E-state index in [-0.39, 0.29) is 5.92 Å². The van der Waals surface area contributed by atoms with E-state index in [4.69, 9.17) is 0 Å². The number of esters is 2. The highest BCUT2D eigenvalue weighted by Crippen LogP contribution is 2.33. The minimum absolute atomic E-state index is 0.0272. The minimum Gasteiger partial charge on any atom is -0.480 e. The maximum atomic E-state index is 11.9. The second kappa shape index (κ2) is 6.01. The molecule has 7 nitrogen and oxygen atoms in total. The van der Waals surface area contributed by atoms with E-state index in [1.807, 2.05) is 13.8 Å². The molecule has 1 aliphatic rings. The second-order valence-corrected chi connectivity index (χ2v) is 4.85. The summed E-state index contributed by atoms with van der Waals surface area (Å²) < 4.78 is 9.31. The number of rotatable bonds is 4. The van der Waals surface area contributed by atoms with Crippen LogP contribution in [-0.4, -0.2) is 49.3 Å². The van der Waals surface area contributed by atoms with Crippen LogP contribution < -0.4 is 5.32 Å². The molecule has 1 aliphatic heterocycles. The predicted molar refractivity (Wildman–Crippen MR) is 64.2 cm³/mol. The maximum Gasteiger partial charge on any atom is 0.321 e. The van der Waals surface area contributed by atoms with Crippen LogP contribution in [0.25, 0.3) is 0 Å². The van der Waals surface area contributed by atoms with Gasteiger partial charge in [0.05, 0.1) is 26.1 Å². The summed E-state index contributed by atoms with van der Waals surface area (Å²) in [5.41, 5.74) is 0.